The van der Waals surface area contributed by atoms with Crippen LogP contribution in [-0.4, -0.2) is 21.9 Å². The Bertz CT molecular complexity index is 709. The molecule has 2 heterocycles. The molecule has 0 fully saturated rings. The predicted molar refractivity (Wildman–Crippen MR) is 77.3 cm³/mol. The Morgan fingerprint density at radius 2 is 2.05 bits per heavy atom. The van der Waals surface area contributed by atoms with E-state index in [4.69, 9.17) is 4.74 Å². The van der Waals surface area contributed by atoms with Crippen molar-refractivity contribution in [2.24, 2.45) is 0 Å². The lowest BCUT2D eigenvalue weighted by molar-refractivity contribution is 0.396. The molecule has 0 N–H and O–H groups in total. The van der Waals surface area contributed by atoms with Gasteiger partial charge in [0, 0.05) is 5.39 Å². The van der Waals surface area contributed by atoms with E-state index in [1.54, 1.807) is 7.11 Å². The minimum absolute atomic E-state index is 0.572. The number of hydrogen-bond donors (Lipinski definition) is 0. The van der Waals surface area contributed by atoms with Crippen LogP contribution in [0, 0.1) is 0 Å². The first-order valence-corrected chi connectivity index (χ1v) is 6.67. The Kier molecular flexibility index (Phi) is 3.21. The number of methoxy groups -OCH3 is 1. The van der Waals surface area contributed by atoms with E-state index in [-0.39, 0.29) is 0 Å². The molecular formula is C14H12BrN3O. The fourth-order valence-corrected chi connectivity index (χ4v) is 2.48. The van der Waals surface area contributed by atoms with Gasteiger partial charge in [0.05, 0.1) is 24.3 Å². The fourth-order valence-electron chi connectivity index (χ4n) is 1.98. The molecule has 0 atom stereocenters. The van der Waals surface area contributed by atoms with Crippen molar-refractivity contribution in [2.45, 2.75) is 6.54 Å². The Balaban J connectivity index is 2.05. The summed E-state index contributed by atoms with van der Waals surface area (Å²) < 4.78 is 7.94. The number of aromatic nitrogens is 3. The first kappa shape index (κ1) is 12.2. The molecule has 0 radical (unpaired) electrons. The maximum atomic E-state index is 5.23. The number of hydrogen-bond acceptors (Lipinski definition) is 3. The maximum Gasteiger partial charge on any atom is 0.229 e. The van der Waals surface area contributed by atoms with Gasteiger partial charge in [-0.15, -0.1) is 0 Å². The predicted octanol–water partition coefficient (Wildman–Crippen LogP) is 3.25. The summed E-state index contributed by atoms with van der Waals surface area (Å²) in [4.78, 5) is 4.48. The lowest BCUT2D eigenvalue weighted by Crippen LogP contribution is -2.03. The van der Waals surface area contributed by atoms with Gasteiger partial charge in [0.15, 0.2) is 5.65 Å². The third-order valence-corrected chi connectivity index (χ3v) is 3.47. The molecule has 4 nitrogen and oxygen atoms in total. The van der Waals surface area contributed by atoms with Gasteiger partial charge >= 0.3 is 0 Å². The normalized spacial score (nSPS) is 10.8. The molecule has 0 aliphatic carbocycles. The number of halogens is 1. The van der Waals surface area contributed by atoms with Crippen molar-refractivity contribution in [3.8, 4) is 5.88 Å². The summed E-state index contributed by atoms with van der Waals surface area (Å²) in [6.45, 7) is 0.697. The van der Waals surface area contributed by atoms with Gasteiger partial charge in [-0.25, -0.2) is 4.68 Å². The Morgan fingerprint density at radius 1 is 1.26 bits per heavy atom. The zero-order valence-electron chi connectivity index (χ0n) is 10.4. The van der Waals surface area contributed by atoms with E-state index < -0.39 is 0 Å². The van der Waals surface area contributed by atoms with Gasteiger partial charge in [-0.1, -0.05) is 30.3 Å². The minimum atomic E-state index is 0.572. The van der Waals surface area contributed by atoms with Gasteiger partial charge in [0.25, 0.3) is 0 Å². The fraction of sp³-hybridized carbons (Fsp3) is 0.143. The Labute approximate surface area is 119 Å². The summed E-state index contributed by atoms with van der Waals surface area (Å²) in [5.74, 6) is 0.572. The van der Waals surface area contributed by atoms with Crippen LogP contribution in [0.1, 0.15) is 5.56 Å². The van der Waals surface area contributed by atoms with Gasteiger partial charge in [-0.2, -0.15) is 10.1 Å². The van der Waals surface area contributed by atoms with E-state index in [0.29, 0.717) is 12.4 Å². The quantitative estimate of drug-likeness (QED) is 0.744. The highest BCUT2D eigenvalue weighted by molar-refractivity contribution is 9.10. The summed E-state index contributed by atoms with van der Waals surface area (Å²) in [6.07, 6.45) is 1.81. The second-order valence-corrected chi connectivity index (χ2v) is 5.03. The molecule has 0 unspecified atom stereocenters. The summed E-state index contributed by atoms with van der Waals surface area (Å²) in [5.41, 5.74) is 2.01. The zero-order chi connectivity index (χ0) is 13.2. The highest BCUT2D eigenvalue weighted by Crippen LogP contribution is 2.26. The van der Waals surface area contributed by atoms with Crippen LogP contribution in [0.3, 0.4) is 0 Å². The molecular weight excluding hydrogens is 306 g/mol. The van der Waals surface area contributed by atoms with Crippen LogP contribution in [0.15, 0.2) is 47.1 Å². The lowest BCUT2D eigenvalue weighted by Gasteiger charge is -2.05. The van der Waals surface area contributed by atoms with Gasteiger partial charge in [-0.3, -0.25) is 0 Å². The van der Waals surface area contributed by atoms with Gasteiger partial charge in [0.2, 0.25) is 5.88 Å². The van der Waals surface area contributed by atoms with Crippen molar-refractivity contribution < 1.29 is 4.74 Å². The van der Waals surface area contributed by atoms with Crippen molar-refractivity contribution in [2.75, 3.05) is 7.11 Å². The number of rotatable bonds is 3. The van der Waals surface area contributed by atoms with Crippen LogP contribution >= 0.6 is 15.9 Å². The second-order valence-electron chi connectivity index (χ2n) is 4.18. The highest BCUT2D eigenvalue weighted by Gasteiger charge is 2.10. The molecule has 0 aliphatic rings. The lowest BCUT2D eigenvalue weighted by atomic mass is 10.2. The summed E-state index contributed by atoms with van der Waals surface area (Å²) in [6, 6.07) is 12.2. The highest BCUT2D eigenvalue weighted by atomic mass is 79.9. The number of nitrogens with zero attached hydrogens (tertiary/aromatic N) is 3. The molecule has 2 aromatic heterocycles. The van der Waals surface area contributed by atoms with Crippen molar-refractivity contribution in [3.05, 3.63) is 52.6 Å². The first-order valence-electron chi connectivity index (χ1n) is 5.88. The standard InChI is InChI=1S/C14H12BrN3O/c1-19-14-12(15)7-11-8-16-18(13(11)17-14)9-10-5-3-2-4-6-10/h2-8H,9H2,1H3. The Hall–Kier alpha value is -1.88. The minimum Gasteiger partial charge on any atom is -0.480 e. The zero-order valence-corrected chi connectivity index (χ0v) is 12.0. The van der Waals surface area contributed by atoms with E-state index >= 15 is 0 Å². The molecule has 3 rings (SSSR count). The number of benzene rings is 1. The molecule has 1 aromatic carbocycles. The van der Waals surface area contributed by atoms with Crippen molar-refractivity contribution in [1.29, 1.82) is 0 Å². The third-order valence-electron chi connectivity index (χ3n) is 2.90. The van der Waals surface area contributed by atoms with Crippen molar-refractivity contribution in [1.82, 2.24) is 14.8 Å². The smallest absolute Gasteiger partial charge is 0.229 e. The topological polar surface area (TPSA) is 39.9 Å². The monoisotopic (exact) mass is 317 g/mol. The van der Waals surface area contributed by atoms with Crippen LogP contribution in [0.25, 0.3) is 11.0 Å². The van der Waals surface area contributed by atoms with E-state index in [1.807, 2.05) is 35.1 Å². The summed E-state index contributed by atoms with van der Waals surface area (Å²) >= 11 is 3.43. The molecule has 5 heteroatoms. The van der Waals surface area contributed by atoms with Crippen molar-refractivity contribution >= 4 is 27.0 Å². The van der Waals surface area contributed by atoms with E-state index in [2.05, 4.69) is 38.1 Å². The number of pyridine rings is 1. The number of fused-ring (bicyclic) bond motifs is 1. The average molecular weight is 318 g/mol. The molecule has 0 aliphatic heterocycles. The van der Waals surface area contributed by atoms with Gasteiger partial charge in [0.1, 0.15) is 0 Å². The first-order chi connectivity index (χ1) is 9.28. The molecule has 0 spiro atoms. The van der Waals surface area contributed by atoms with E-state index in [1.165, 1.54) is 5.56 Å². The third kappa shape index (κ3) is 2.33. The SMILES string of the molecule is COc1nc2c(cnn2Cc2ccccc2)cc1Br. The second kappa shape index (κ2) is 5.01. The molecule has 0 saturated carbocycles. The van der Waals surface area contributed by atoms with Crippen LogP contribution in [0.4, 0.5) is 0 Å². The van der Waals surface area contributed by atoms with Crippen LogP contribution < -0.4 is 4.74 Å². The number of ether oxygens (including phenoxy) is 1. The molecule has 0 amide bonds. The molecule has 0 saturated heterocycles. The molecule has 0 bridgehead atoms. The van der Waals surface area contributed by atoms with Crippen LogP contribution in [0.2, 0.25) is 0 Å². The van der Waals surface area contributed by atoms with Gasteiger partial charge in [-0.05, 0) is 27.6 Å². The average Bonchev–Trinajstić information content (AvgIpc) is 2.81. The Morgan fingerprint density at radius 3 is 2.79 bits per heavy atom. The van der Waals surface area contributed by atoms with E-state index in [9.17, 15) is 0 Å². The molecule has 19 heavy (non-hydrogen) atoms. The van der Waals surface area contributed by atoms with E-state index in [0.717, 1.165) is 15.5 Å². The van der Waals surface area contributed by atoms with Crippen molar-refractivity contribution in [3.63, 3.8) is 0 Å². The molecule has 3 aromatic rings. The van der Waals surface area contributed by atoms with Crippen LogP contribution in [-0.2, 0) is 6.54 Å². The summed E-state index contributed by atoms with van der Waals surface area (Å²) in [5, 5.41) is 5.37. The molecule has 96 valence electrons. The van der Waals surface area contributed by atoms with Crippen LogP contribution in [0.5, 0.6) is 5.88 Å². The maximum absolute atomic E-state index is 5.23. The summed E-state index contributed by atoms with van der Waals surface area (Å²) in [7, 11) is 1.61. The largest absolute Gasteiger partial charge is 0.480 e. The van der Waals surface area contributed by atoms with Gasteiger partial charge < -0.3 is 4.74 Å².